The van der Waals surface area contributed by atoms with Crippen LogP contribution < -0.4 is 0 Å². The van der Waals surface area contributed by atoms with Gasteiger partial charge in [0.2, 0.25) is 0 Å². The van der Waals surface area contributed by atoms with Crippen molar-refractivity contribution < 1.29 is 32.7 Å². The smallest absolute Gasteiger partial charge is 0.333 e. The number of rotatable bonds is 17. The first kappa shape index (κ1) is 31.0. The molecule has 0 bridgehead atoms. The molecule has 188 valence electrons. The summed E-state index contributed by atoms with van der Waals surface area (Å²) in [7, 11) is -4.20. The van der Waals surface area contributed by atoms with Crippen molar-refractivity contribution >= 4 is 34.5 Å². The fourth-order valence-electron chi connectivity index (χ4n) is 3.22. The minimum absolute atomic E-state index is 0.296. The quantitative estimate of drug-likeness (QED) is 0.0882. The highest BCUT2D eigenvalue weighted by molar-refractivity contribution is 6.85. The minimum Gasteiger partial charge on any atom is -0.462 e. The number of esters is 3. The van der Waals surface area contributed by atoms with Crippen LogP contribution in [0.15, 0.2) is 36.5 Å². The van der Waals surface area contributed by atoms with Gasteiger partial charge in [-0.1, -0.05) is 19.7 Å². The summed E-state index contributed by atoms with van der Waals surface area (Å²) < 4.78 is 22.6. The van der Waals surface area contributed by atoms with E-state index in [1.807, 2.05) is 0 Å². The van der Waals surface area contributed by atoms with E-state index >= 15 is 0 Å². The standard InChI is InChI=1S/C24H42O7Si2/c1-19(2)22(25)28-13-10-16-33(31-32(7,8)9,17-11-14-29-23(26)20(3)4)18-12-15-30-24(27)21(5)6/h1,3,5,10-18H2,2,4,6-9H3. The number of carbonyl (C=O) groups is 3. The van der Waals surface area contributed by atoms with Gasteiger partial charge < -0.3 is 18.3 Å². The highest BCUT2D eigenvalue weighted by Gasteiger charge is 2.38. The normalized spacial score (nSPS) is 11.5. The largest absolute Gasteiger partial charge is 0.462 e. The van der Waals surface area contributed by atoms with Crippen molar-refractivity contribution in [2.45, 2.75) is 77.8 Å². The van der Waals surface area contributed by atoms with Gasteiger partial charge in [-0.15, -0.1) is 0 Å². The van der Waals surface area contributed by atoms with E-state index in [4.69, 9.17) is 18.3 Å². The number of carbonyl (C=O) groups excluding carboxylic acids is 3. The van der Waals surface area contributed by atoms with Crippen LogP contribution in [-0.2, 0) is 32.7 Å². The first-order valence-corrected chi connectivity index (χ1v) is 17.3. The number of hydrogen-bond donors (Lipinski definition) is 0. The predicted octanol–water partition coefficient (Wildman–Crippen LogP) is 5.31. The number of ether oxygens (including phenoxy) is 3. The Hall–Kier alpha value is -1.98. The molecule has 0 rings (SSSR count). The summed E-state index contributed by atoms with van der Waals surface area (Å²) in [6.45, 7) is 23.0. The van der Waals surface area contributed by atoms with Gasteiger partial charge in [0.25, 0.3) is 0 Å². The highest BCUT2D eigenvalue weighted by atomic mass is 28.4. The molecule has 0 N–H and O–H groups in total. The van der Waals surface area contributed by atoms with Gasteiger partial charge >= 0.3 is 17.9 Å². The molecule has 0 unspecified atom stereocenters. The van der Waals surface area contributed by atoms with Gasteiger partial charge in [0.05, 0.1) is 19.8 Å². The highest BCUT2D eigenvalue weighted by Crippen LogP contribution is 2.31. The van der Waals surface area contributed by atoms with E-state index in [-0.39, 0.29) is 0 Å². The average Bonchev–Trinajstić information content (AvgIpc) is 2.69. The summed E-state index contributed by atoms with van der Waals surface area (Å²) in [6.07, 6.45) is 2.02. The molecule has 7 nitrogen and oxygen atoms in total. The van der Waals surface area contributed by atoms with E-state index in [0.717, 1.165) is 18.1 Å². The monoisotopic (exact) mass is 498 g/mol. The summed E-state index contributed by atoms with van der Waals surface area (Å²) in [6, 6.07) is 2.39. The van der Waals surface area contributed by atoms with Gasteiger partial charge in [-0.05, 0) is 77.8 Å². The average molecular weight is 499 g/mol. The third-order valence-electron chi connectivity index (χ3n) is 4.60. The summed E-state index contributed by atoms with van der Waals surface area (Å²) >= 11 is 0. The molecule has 0 atom stereocenters. The second-order valence-electron chi connectivity index (χ2n) is 9.46. The third-order valence-corrected chi connectivity index (χ3v) is 12.6. The maximum absolute atomic E-state index is 11.7. The molecule has 0 fully saturated rings. The second-order valence-corrected chi connectivity index (χ2v) is 18.4. The Morgan fingerprint density at radius 2 is 0.879 bits per heavy atom. The zero-order valence-electron chi connectivity index (χ0n) is 21.3. The molecule has 0 aliphatic carbocycles. The van der Waals surface area contributed by atoms with Crippen molar-refractivity contribution in [3.63, 3.8) is 0 Å². The van der Waals surface area contributed by atoms with Gasteiger partial charge in [0.15, 0.2) is 16.6 Å². The Bertz CT molecular complexity index is 639. The maximum atomic E-state index is 11.7. The van der Waals surface area contributed by atoms with Crippen molar-refractivity contribution in [1.29, 1.82) is 0 Å². The summed E-state index contributed by atoms with van der Waals surface area (Å²) in [5.74, 6) is -1.19. The summed E-state index contributed by atoms with van der Waals surface area (Å²) in [5, 5.41) is 0. The van der Waals surface area contributed by atoms with Crippen molar-refractivity contribution in [3.05, 3.63) is 36.5 Å². The zero-order chi connectivity index (χ0) is 25.7. The van der Waals surface area contributed by atoms with Crippen LogP contribution in [0, 0.1) is 0 Å². The van der Waals surface area contributed by atoms with E-state index < -0.39 is 34.5 Å². The lowest BCUT2D eigenvalue weighted by Crippen LogP contribution is -2.47. The molecule has 0 radical (unpaired) electrons. The van der Waals surface area contributed by atoms with E-state index in [1.54, 1.807) is 20.8 Å². The van der Waals surface area contributed by atoms with Crippen LogP contribution in [0.1, 0.15) is 40.0 Å². The Labute approximate surface area is 201 Å². The molecule has 33 heavy (non-hydrogen) atoms. The van der Waals surface area contributed by atoms with Crippen molar-refractivity contribution in [3.8, 4) is 0 Å². The lowest BCUT2D eigenvalue weighted by atomic mass is 10.4. The van der Waals surface area contributed by atoms with Gasteiger partial charge in [-0.25, -0.2) is 14.4 Å². The molecular formula is C24H42O7Si2. The number of hydrogen-bond acceptors (Lipinski definition) is 7. The topological polar surface area (TPSA) is 88.1 Å². The van der Waals surface area contributed by atoms with Crippen LogP contribution in [0.3, 0.4) is 0 Å². The Balaban J connectivity index is 5.25. The minimum atomic E-state index is -2.31. The molecule has 0 heterocycles. The molecule has 0 aromatic carbocycles. The Morgan fingerprint density at radius 1 is 0.606 bits per heavy atom. The van der Waals surface area contributed by atoms with Crippen LogP contribution in [0.5, 0.6) is 0 Å². The van der Waals surface area contributed by atoms with Crippen LogP contribution in [0.25, 0.3) is 0 Å². The Morgan fingerprint density at radius 3 is 1.09 bits per heavy atom. The molecule has 0 amide bonds. The molecule has 0 aromatic rings. The molecule has 0 aliphatic heterocycles. The van der Waals surface area contributed by atoms with E-state index in [1.165, 1.54) is 0 Å². The fraction of sp³-hybridized carbons (Fsp3) is 0.625. The van der Waals surface area contributed by atoms with Gasteiger partial charge in [0, 0.05) is 16.7 Å². The summed E-state index contributed by atoms with van der Waals surface area (Å²) in [5.41, 5.74) is 1.11. The maximum Gasteiger partial charge on any atom is 0.333 e. The molecular weight excluding hydrogens is 456 g/mol. The molecule has 9 heteroatoms. The molecule has 0 saturated heterocycles. The van der Waals surface area contributed by atoms with E-state index in [0.29, 0.717) is 55.8 Å². The molecule has 0 aromatic heterocycles. The summed E-state index contributed by atoms with van der Waals surface area (Å²) in [4.78, 5) is 35.1. The van der Waals surface area contributed by atoms with Crippen LogP contribution in [-0.4, -0.2) is 54.4 Å². The predicted molar refractivity (Wildman–Crippen MR) is 136 cm³/mol. The van der Waals surface area contributed by atoms with Crippen LogP contribution >= 0.6 is 0 Å². The lowest BCUT2D eigenvalue weighted by molar-refractivity contribution is -0.139. The first-order chi connectivity index (χ1) is 15.2. The van der Waals surface area contributed by atoms with Gasteiger partial charge in [-0.3, -0.25) is 0 Å². The lowest BCUT2D eigenvalue weighted by Gasteiger charge is -2.38. The van der Waals surface area contributed by atoms with E-state index in [2.05, 4.69) is 39.4 Å². The fourth-order valence-corrected chi connectivity index (χ4v) is 12.8. The van der Waals surface area contributed by atoms with Crippen molar-refractivity contribution in [2.24, 2.45) is 0 Å². The van der Waals surface area contributed by atoms with Crippen LogP contribution in [0.4, 0.5) is 0 Å². The second kappa shape index (κ2) is 15.0. The third kappa shape index (κ3) is 14.7. The van der Waals surface area contributed by atoms with Crippen molar-refractivity contribution in [2.75, 3.05) is 19.8 Å². The van der Waals surface area contributed by atoms with Gasteiger partial charge in [0.1, 0.15) is 0 Å². The SMILES string of the molecule is C=C(C)C(=O)OCCC[Si](CCCOC(=O)C(=C)C)(CCCOC(=O)C(=C)C)O[Si](C)(C)C. The molecule has 0 saturated carbocycles. The van der Waals surface area contributed by atoms with E-state index in [9.17, 15) is 14.4 Å². The molecule has 0 spiro atoms. The zero-order valence-corrected chi connectivity index (χ0v) is 23.3. The molecule has 0 aliphatic rings. The van der Waals surface area contributed by atoms with Crippen molar-refractivity contribution in [1.82, 2.24) is 0 Å². The first-order valence-electron chi connectivity index (χ1n) is 11.4. The van der Waals surface area contributed by atoms with Gasteiger partial charge in [-0.2, -0.15) is 0 Å². The Kier molecular flexibility index (Phi) is 14.1. The van der Waals surface area contributed by atoms with Crippen LogP contribution in [0.2, 0.25) is 37.8 Å².